The van der Waals surface area contributed by atoms with Gasteiger partial charge in [-0.1, -0.05) is 62.7 Å². The van der Waals surface area contributed by atoms with Crippen LogP contribution in [0.4, 0.5) is 5.69 Å². The number of pyridine rings is 1. The molecule has 7 heteroatoms. The summed E-state index contributed by atoms with van der Waals surface area (Å²) in [5.74, 6) is 0.699. The van der Waals surface area contributed by atoms with E-state index in [9.17, 15) is 0 Å². The molecule has 1 unspecified atom stereocenters. The van der Waals surface area contributed by atoms with Crippen molar-refractivity contribution in [2.24, 2.45) is 5.41 Å². The molecular weight excluding hydrogens is 432 g/mol. The highest BCUT2D eigenvalue weighted by atomic mass is 35.5. The van der Waals surface area contributed by atoms with Crippen LogP contribution in [0.5, 0.6) is 0 Å². The molecule has 2 aromatic heterocycles. The minimum absolute atomic E-state index is 0.105. The molecule has 0 fully saturated rings. The minimum Gasteiger partial charge on any atom is -0.371 e. The molecule has 2 heterocycles. The molecule has 1 N–H and O–H groups in total. The van der Waals surface area contributed by atoms with Crippen molar-refractivity contribution in [3.05, 3.63) is 76.7 Å². The number of tetrazole rings is 1. The second kappa shape index (κ2) is 8.75. The summed E-state index contributed by atoms with van der Waals surface area (Å²) in [4.78, 5) is 4.66. The van der Waals surface area contributed by atoms with Crippen molar-refractivity contribution in [2.45, 2.75) is 59.5 Å². The van der Waals surface area contributed by atoms with Crippen LogP contribution in [-0.4, -0.2) is 25.2 Å². The van der Waals surface area contributed by atoms with Crippen LogP contribution in [0.3, 0.4) is 0 Å². The van der Waals surface area contributed by atoms with E-state index in [1.165, 1.54) is 0 Å². The maximum atomic E-state index is 6.76. The van der Waals surface area contributed by atoms with Crippen LogP contribution in [0.1, 0.15) is 64.0 Å². The first-order valence-electron chi connectivity index (χ1n) is 11.2. The molecule has 0 aliphatic carbocycles. The van der Waals surface area contributed by atoms with Gasteiger partial charge < -0.3 is 5.32 Å². The summed E-state index contributed by atoms with van der Waals surface area (Å²) in [5.41, 5.74) is 3.61. The molecule has 0 saturated carbocycles. The molecule has 0 aliphatic heterocycles. The summed E-state index contributed by atoms with van der Waals surface area (Å²) in [6.07, 6.45) is 0.902. The molecule has 0 spiro atoms. The molecule has 172 valence electrons. The number of halogens is 1. The zero-order chi connectivity index (χ0) is 23.8. The van der Waals surface area contributed by atoms with E-state index in [0.29, 0.717) is 11.0 Å². The normalized spacial score (nSPS) is 13.3. The van der Waals surface area contributed by atoms with E-state index in [1.807, 2.05) is 41.1 Å². The van der Waals surface area contributed by atoms with Crippen molar-refractivity contribution >= 4 is 28.2 Å². The van der Waals surface area contributed by atoms with Gasteiger partial charge in [-0.3, -0.25) is 0 Å². The number of anilines is 1. The highest BCUT2D eigenvalue weighted by Crippen LogP contribution is 2.37. The lowest BCUT2D eigenvalue weighted by molar-refractivity contribution is 0.190. The Kier molecular flexibility index (Phi) is 6.14. The summed E-state index contributed by atoms with van der Waals surface area (Å²) in [7, 11) is 0. The van der Waals surface area contributed by atoms with Gasteiger partial charge in [-0.2, -0.15) is 0 Å². The van der Waals surface area contributed by atoms with Gasteiger partial charge >= 0.3 is 0 Å². The predicted octanol–water partition coefficient (Wildman–Crippen LogP) is 6.56. The minimum atomic E-state index is -0.384. The first-order valence-corrected chi connectivity index (χ1v) is 11.6. The van der Waals surface area contributed by atoms with Crippen molar-refractivity contribution in [2.75, 3.05) is 5.32 Å². The third kappa shape index (κ3) is 5.17. The fourth-order valence-electron chi connectivity index (χ4n) is 4.67. The summed E-state index contributed by atoms with van der Waals surface area (Å²) < 4.78 is 1.93. The van der Waals surface area contributed by atoms with Gasteiger partial charge in [0.25, 0.3) is 0 Å². The van der Waals surface area contributed by atoms with Gasteiger partial charge in [0.05, 0.1) is 11.1 Å². The number of hydrogen-bond donors (Lipinski definition) is 1. The molecule has 33 heavy (non-hydrogen) atoms. The number of nitrogens with one attached hydrogen (secondary N) is 1. The van der Waals surface area contributed by atoms with Crippen LogP contribution in [-0.2, 0) is 5.54 Å². The van der Waals surface area contributed by atoms with Gasteiger partial charge in [0.1, 0.15) is 11.2 Å². The van der Waals surface area contributed by atoms with Crippen molar-refractivity contribution < 1.29 is 0 Å². The van der Waals surface area contributed by atoms with E-state index >= 15 is 0 Å². The van der Waals surface area contributed by atoms with Gasteiger partial charge in [-0.15, -0.1) is 5.10 Å². The molecule has 0 bridgehead atoms. The summed E-state index contributed by atoms with van der Waals surface area (Å²) in [6.45, 7) is 13.1. The van der Waals surface area contributed by atoms with E-state index in [1.54, 1.807) is 0 Å². The van der Waals surface area contributed by atoms with Crippen LogP contribution in [0.15, 0.2) is 54.6 Å². The molecule has 0 radical (unpaired) electrons. The van der Waals surface area contributed by atoms with Crippen molar-refractivity contribution in [3.8, 4) is 0 Å². The van der Waals surface area contributed by atoms with E-state index in [2.05, 4.69) is 85.6 Å². The smallest absolute Gasteiger partial charge is 0.178 e. The number of benzene rings is 2. The molecule has 4 aromatic rings. The molecule has 0 amide bonds. The first-order chi connectivity index (χ1) is 15.5. The van der Waals surface area contributed by atoms with Crippen molar-refractivity contribution in [3.63, 3.8) is 0 Å². The third-order valence-corrected chi connectivity index (χ3v) is 5.94. The third-order valence-electron chi connectivity index (χ3n) is 5.63. The number of para-hydroxylation sites is 1. The highest BCUT2D eigenvalue weighted by Gasteiger charge is 2.34. The second-order valence-electron chi connectivity index (χ2n) is 10.5. The van der Waals surface area contributed by atoms with Crippen LogP contribution in [0, 0.1) is 12.3 Å². The number of hydrogen-bond acceptors (Lipinski definition) is 5. The molecule has 0 saturated heterocycles. The van der Waals surface area contributed by atoms with E-state index in [0.717, 1.165) is 34.1 Å². The lowest BCUT2D eigenvalue weighted by Crippen LogP contribution is -2.35. The van der Waals surface area contributed by atoms with Crippen LogP contribution in [0.2, 0.25) is 5.15 Å². The number of aromatic nitrogens is 5. The molecular formula is C26H31ClN6. The number of fused-ring (bicyclic) bond motifs is 1. The Morgan fingerprint density at radius 2 is 1.76 bits per heavy atom. The summed E-state index contributed by atoms with van der Waals surface area (Å²) >= 11 is 6.76. The molecule has 0 aliphatic rings. The van der Waals surface area contributed by atoms with Gasteiger partial charge in [0.15, 0.2) is 5.82 Å². The second-order valence-corrected chi connectivity index (χ2v) is 10.9. The topological polar surface area (TPSA) is 68.5 Å². The van der Waals surface area contributed by atoms with Gasteiger partial charge in [-0.25, -0.2) is 9.67 Å². The maximum absolute atomic E-state index is 6.76. The fraction of sp³-hybridized carbons (Fsp3) is 0.385. The zero-order valence-electron chi connectivity index (χ0n) is 20.1. The first kappa shape index (κ1) is 23.2. The average Bonchev–Trinajstić information content (AvgIpc) is 3.21. The predicted molar refractivity (Wildman–Crippen MR) is 135 cm³/mol. The quantitative estimate of drug-likeness (QED) is 0.329. The zero-order valence-corrected chi connectivity index (χ0v) is 20.9. The lowest BCUT2D eigenvalue weighted by atomic mass is 9.81. The number of aryl methyl sites for hydroxylation is 1. The Balaban J connectivity index is 1.87. The average molecular weight is 463 g/mol. The summed E-state index contributed by atoms with van der Waals surface area (Å²) in [6, 6.07) is 17.9. The summed E-state index contributed by atoms with van der Waals surface area (Å²) in [5, 5.41) is 18.1. The largest absolute Gasteiger partial charge is 0.371 e. The van der Waals surface area contributed by atoms with E-state index in [4.69, 9.17) is 11.6 Å². The van der Waals surface area contributed by atoms with Crippen LogP contribution in [0.25, 0.3) is 10.9 Å². The Hall–Kier alpha value is -2.99. The maximum Gasteiger partial charge on any atom is 0.178 e. The lowest BCUT2D eigenvalue weighted by Gasteiger charge is -2.34. The van der Waals surface area contributed by atoms with Crippen molar-refractivity contribution in [1.29, 1.82) is 0 Å². The molecule has 4 rings (SSSR count). The number of rotatable bonds is 6. The van der Waals surface area contributed by atoms with Crippen LogP contribution >= 0.6 is 11.6 Å². The Morgan fingerprint density at radius 3 is 2.48 bits per heavy atom. The van der Waals surface area contributed by atoms with Gasteiger partial charge in [0, 0.05) is 16.6 Å². The fourth-order valence-corrected chi connectivity index (χ4v) is 4.93. The Morgan fingerprint density at radius 1 is 1.00 bits per heavy atom. The van der Waals surface area contributed by atoms with E-state index in [-0.39, 0.29) is 17.0 Å². The monoisotopic (exact) mass is 462 g/mol. The Labute approximate surface area is 200 Å². The van der Waals surface area contributed by atoms with E-state index < -0.39 is 0 Å². The highest BCUT2D eigenvalue weighted by molar-refractivity contribution is 6.30. The molecule has 6 nitrogen and oxygen atoms in total. The van der Waals surface area contributed by atoms with Gasteiger partial charge in [0.2, 0.25) is 0 Å². The molecule has 1 atom stereocenters. The number of nitrogens with zero attached hydrogens (tertiary/aromatic N) is 5. The van der Waals surface area contributed by atoms with Crippen molar-refractivity contribution in [1.82, 2.24) is 25.2 Å². The molecule has 2 aromatic carbocycles. The standard InChI is InChI=1S/C26H31ClN6/c1-17-10-9-12-19(14-17)28-22(20-15-18-11-7-8-13-21(18)29-23(20)27)24-30-31-32-33(24)26(5,6)16-25(2,3)4/h7-15,22,28H,16H2,1-6H3. The van der Waals surface area contributed by atoms with Gasteiger partial charge in [-0.05, 0) is 72.9 Å². The SMILES string of the molecule is Cc1cccc(NC(c2cc3ccccc3nc2Cl)c2nnnn2C(C)(C)CC(C)(C)C)c1. The van der Waals surface area contributed by atoms with Crippen LogP contribution < -0.4 is 5.32 Å². The Bertz CT molecular complexity index is 1270.